The summed E-state index contributed by atoms with van der Waals surface area (Å²) in [5.41, 5.74) is 0. The van der Waals surface area contributed by atoms with Crippen molar-refractivity contribution in [3.05, 3.63) is 9.47 Å². The van der Waals surface area contributed by atoms with Gasteiger partial charge in [0.05, 0.1) is 0 Å². The van der Waals surface area contributed by atoms with Gasteiger partial charge in [0, 0.05) is 0 Å². The Hall–Kier alpha value is -0.100. The molecule has 0 aliphatic carbocycles. The van der Waals surface area contributed by atoms with Crippen molar-refractivity contribution in [2.24, 2.45) is 0 Å². The van der Waals surface area contributed by atoms with Gasteiger partial charge in [-0.05, 0) is 31.9 Å². The number of rotatable bonds is 0. The lowest BCUT2D eigenvalue weighted by molar-refractivity contribution is 0.797. The zero-order valence-corrected chi connectivity index (χ0v) is 6.72. The van der Waals surface area contributed by atoms with Gasteiger partial charge in [0.1, 0.15) is 0 Å². The predicted octanol–water partition coefficient (Wildman–Crippen LogP) is 0.792. The normalized spacial score (nSPS) is 9.25. The Morgan fingerprint density at radius 2 is 1.00 bits per heavy atom. The van der Waals surface area contributed by atoms with Gasteiger partial charge in [-0.3, -0.25) is 0 Å². The molecule has 8 heavy (non-hydrogen) atoms. The highest BCUT2D eigenvalue weighted by atomic mass is 79.9. The number of halogens is 2. The van der Waals surface area contributed by atoms with Crippen LogP contribution in [-0.4, -0.2) is 20.4 Å². The summed E-state index contributed by atoms with van der Waals surface area (Å²) in [6.45, 7) is 0. The first-order chi connectivity index (χ1) is 3.79. The van der Waals surface area contributed by atoms with Gasteiger partial charge in [-0.25, -0.2) is 0 Å². The van der Waals surface area contributed by atoms with Gasteiger partial charge in [0.25, 0.3) is 0 Å². The quantitative estimate of drug-likeness (QED) is 0.672. The molecule has 42 valence electrons. The van der Waals surface area contributed by atoms with Crippen LogP contribution in [0.15, 0.2) is 9.47 Å². The van der Waals surface area contributed by atoms with Gasteiger partial charge in [-0.2, -0.15) is 0 Å². The zero-order chi connectivity index (χ0) is 5.98. The molecule has 0 unspecified atom stereocenters. The van der Waals surface area contributed by atoms with Gasteiger partial charge >= 0.3 is 0 Å². The summed E-state index contributed by atoms with van der Waals surface area (Å²) in [4.78, 5) is 0. The molecule has 1 aromatic heterocycles. The van der Waals surface area contributed by atoms with Gasteiger partial charge in [0.15, 0.2) is 0 Å². The summed E-state index contributed by atoms with van der Waals surface area (Å²) in [6.07, 6.45) is 0. The third-order valence-electron chi connectivity index (χ3n) is 0.430. The molecule has 0 amide bonds. The first-order valence-electron chi connectivity index (χ1n) is 1.67. The van der Waals surface area contributed by atoms with Gasteiger partial charge < -0.3 is 0 Å². The van der Waals surface area contributed by atoms with E-state index >= 15 is 0 Å². The van der Waals surface area contributed by atoms with Gasteiger partial charge in [-0.15, -0.1) is 20.4 Å². The molecule has 0 bridgehead atoms. The lowest BCUT2D eigenvalue weighted by atomic mass is 11.3. The van der Waals surface area contributed by atoms with Crippen LogP contribution in [0.4, 0.5) is 0 Å². The smallest absolute Gasteiger partial charge is 0.118 e. The van der Waals surface area contributed by atoms with E-state index in [1.54, 1.807) is 0 Å². The van der Waals surface area contributed by atoms with E-state index in [9.17, 15) is 0 Å². The van der Waals surface area contributed by atoms with Crippen LogP contribution in [0.3, 0.4) is 0 Å². The summed E-state index contributed by atoms with van der Waals surface area (Å²) in [6, 6.07) is 0. The maximum Gasteiger partial charge on any atom is 0.238 e. The number of hydrogen-bond donors (Lipinski definition) is 0. The minimum atomic E-state index is 0.390. The first-order valence-corrected chi connectivity index (χ1v) is 3.26. The molecule has 0 aliphatic rings. The lowest BCUT2D eigenvalue weighted by Crippen LogP contribution is -1.91. The summed E-state index contributed by atoms with van der Waals surface area (Å²) >= 11 is 5.95. The molecule has 1 rings (SSSR count). The third kappa shape index (κ3) is 1.45. The van der Waals surface area contributed by atoms with Crippen molar-refractivity contribution in [2.75, 3.05) is 0 Å². The maximum atomic E-state index is 3.52. The fourth-order valence-electron chi connectivity index (χ4n) is 0.205. The molecule has 0 aliphatic heterocycles. The molecule has 0 atom stereocenters. The summed E-state index contributed by atoms with van der Waals surface area (Å²) in [7, 11) is 0. The minimum absolute atomic E-state index is 0.390. The van der Waals surface area contributed by atoms with Crippen LogP contribution in [0, 0.1) is 0 Å². The molecule has 6 heteroatoms. The van der Waals surface area contributed by atoms with Crippen LogP contribution < -0.4 is 0 Å². The predicted molar refractivity (Wildman–Crippen MR) is 33.0 cm³/mol. The summed E-state index contributed by atoms with van der Waals surface area (Å²) < 4.78 is 0.779. The number of aromatic nitrogens is 4. The fourth-order valence-corrected chi connectivity index (χ4v) is 0.522. The van der Waals surface area contributed by atoms with E-state index in [1.165, 1.54) is 0 Å². The Balaban J connectivity index is 3.03. The SMILES string of the molecule is Brc1nnc(Br)nn1. The van der Waals surface area contributed by atoms with Crippen LogP contribution in [0.5, 0.6) is 0 Å². The topological polar surface area (TPSA) is 51.6 Å². The molecule has 0 radical (unpaired) electrons. The van der Waals surface area contributed by atoms with Crippen LogP contribution in [-0.2, 0) is 0 Å². The fraction of sp³-hybridized carbons (Fsp3) is 0. The molecule has 0 saturated carbocycles. The molecule has 1 heterocycles. The third-order valence-corrected chi connectivity index (χ3v) is 1.06. The Bertz CT molecular complexity index is 151. The van der Waals surface area contributed by atoms with Crippen molar-refractivity contribution in [2.45, 2.75) is 0 Å². The van der Waals surface area contributed by atoms with Crippen molar-refractivity contribution in [1.82, 2.24) is 20.4 Å². The number of nitrogens with zero attached hydrogens (tertiary/aromatic N) is 4. The standard InChI is InChI=1S/C2Br2N4/c3-1-5-7-2(4)8-6-1. The average Bonchev–Trinajstić information content (AvgIpc) is 1.77. The summed E-state index contributed by atoms with van der Waals surface area (Å²) in [5.74, 6) is 0. The summed E-state index contributed by atoms with van der Waals surface area (Å²) in [5, 5.41) is 14.1. The molecule has 0 saturated heterocycles. The second kappa shape index (κ2) is 2.45. The second-order valence-electron chi connectivity index (χ2n) is 0.938. The van der Waals surface area contributed by atoms with Crippen LogP contribution in [0.1, 0.15) is 0 Å². The van der Waals surface area contributed by atoms with E-state index in [0.29, 0.717) is 9.47 Å². The first kappa shape index (κ1) is 6.03. The van der Waals surface area contributed by atoms with Crippen molar-refractivity contribution in [3.8, 4) is 0 Å². The van der Waals surface area contributed by atoms with E-state index < -0.39 is 0 Å². The van der Waals surface area contributed by atoms with Crippen molar-refractivity contribution in [1.29, 1.82) is 0 Å². The molecular weight excluding hydrogens is 240 g/mol. The monoisotopic (exact) mass is 238 g/mol. The van der Waals surface area contributed by atoms with E-state index in [4.69, 9.17) is 0 Å². The van der Waals surface area contributed by atoms with Gasteiger partial charge in [0.2, 0.25) is 9.47 Å². The Labute approximate surface area is 62.0 Å². The molecule has 0 fully saturated rings. The highest BCUT2D eigenvalue weighted by Gasteiger charge is 1.89. The lowest BCUT2D eigenvalue weighted by Gasteiger charge is -1.82. The molecule has 0 aromatic carbocycles. The van der Waals surface area contributed by atoms with Crippen LogP contribution in [0.25, 0.3) is 0 Å². The molecule has 1 aromatic rings. The second-order valence-corrected chi connectivity index (χ2v) is 2.36. The molecule has 0 spiro atoms. The van der Waals surface area contributed by atoms with E-state index in [0.717, 1.165) is 0 Å². The molecule has 0 N–H and O–H groups in total. The molecular formula is C2Br2N4. The largest absolute Gasteiger partial charge is 0.238 e. The number of hydrogen-bond acceptors (Lipinski definition) is 4. The van der Waals surface area contributed by atoms with Crippen LogP contribution in [0.2, 0.25) is 0 Å². The van der Waals surface area contributed by atoms with Crippen molar-refractivity contribution < 1.29 is 0 Å². The highest BCUT2D eigenvalue weighted by molar-refractivity contribution is 9.10. The average molecular weight is 240 g/mol. The van der Waals surface area contributed by atoms with Crippen molar-refractivity contribution in [3.63, 3.8) is 0 Å². The molecule has 4 nitrogen and oxygen atoms in total. The van der Waals surface area contributed by atoms with Gasteiger partial charge in [-0.1, -0.05) is 0 Å². The Morgan fingerprint density at radius 3 is 1.25 bits per heavy atom. The Kier molecular flexibility index (Phi) is 1.85. The van der Waals surface area contributed by atoms with E-state index in [2.05, 4.69) is 52.3 Å². The van der Waals surface area contributed by atoms with Crippen LogP contribution >= 0.6 is 31.9 Å². The Morgan fingerprint density at radius 1 is 0.750 bits per heavy atom. The van der Waals surface area contributed by atoms with E-state index in [-0.39, 0.29) is 0 Å². The van der Waals surface area contributed by atoms with Crippen molar-refractivity contribution >= 4 is 31.9 Å². The highest BCUT2D eigenvalue weighted by Crippen LogP contribution is 1.98. The van der Waals surface area contributed by atoms with E-state index in [1.807, 2.05) is 0 Å². The minimum Gasteiger partial charge on any atom is -0.118 e. The maximum absolute atomic E-state index is 3.52. The zero-order valence-electron chi connectivity index (χ0n) is 3.54.